The maximum atomic E-state index is 13.7. The first-order valence-electron chi connectivity index (χ1n) is 7.15. The Kier molecular flexibility index (Phi) is 5.68. The van der Waals surface area contributed by atoms with Crippen LogP contribution in [-0.4, -0.2) is 18.4 Å². The zero-order chi connectivity index (χ0) is 16.7. The van der Waals surface area contributed by atoms with Gasteiger partial charge in [-0.05, 0) is 24.6 Å². The minimum atomic E-state index is -0.857. The number of halogens is 1. The molecule has 120 valence electrons. The minimum absolute atomic E-state index is 0.0963. The molecule has 0 heterocycles. The van der Waals surface area contributed by atoms with E-state index in [1.54, 1.807) is 6.92 Å². The summed E-state index contributed by atoms with van der Waals surface area (Å²) in [4.78, 5) is 23.5. The molecule has 2 N–H and O–H groups in total. The number of amides is 2. The van der Waals surface area contributed by atoms with Gasteiger partial charge in [0.25, 0.3) is 0 Å². The average Bonchev–Trinajstić information content (AvgIpc) is 2.56. The largest absolute Gasteiger partial charge is 0.491 e. The number of hydrogen-bond donors (Lipinski definition) is 2. The van der Waals surface area contributed by atoms with Crippen LogP contribution in [0.5, 0.6) is 5.75 Å². The van der Waals surface area contributed by atoms with Crippen LogP contribution in [0, 0.1) is 5.82 Å². The number of ether oxygens (including phenoxy) is 1. The van der Waals surface area contributed by atoms with Gasteiger partial charge in [-0.25, -0.2) is 4.39 Å². The number of anilines is 1. The fraction of sp³-hybridized carbons (Fsp3) is 0.176. The smallest absolute Gasteiger partial charge is 0.313 e. The lowest BCUT2D eigenvalue weighted by Gasteiger charge is -2.09. The van der Waals surface area contributed by atoms with Crippen molar-refractivity contribution in [2.24, 2.45) is 0 Å². The molecule has 2 aromatic rings. The number of nitrogens with one attached hydrogen (secondary N) is 2. The Morgan fingerprint density at radius 3 is 2.48 bits per heavy atom. The predicted octanol–water partition coefficient (Wildman–Crippen LogP) is 2.48. The summed E-state index contributed by atoms with van der Waals surface area (Å²) in [7, 11) is 0. The van der Waals surface area contributed by atoms with E-state index in [0.717, 1.165) is 11.6 Å². The summed E-state index contributed by atoms with van der Waals surface area (Å²) in [5, 5.41) is 4.84. The van der Waals surface area contributed by atoms with Crippen LogP contribution in [0.25, 0.3) is 0 Å². The summed E-state index contributed by atoms with van der Waals surface area (Å²) in [6.45, 7) is 2.32. The van der Waals surface area contributed by atoms with Crippen LogP contribution >= 0.6 is 0 Å². The minimum Gasteiger partial charge on any atom is -0.491 e. The van der Waals surface area contributed by atoms with Gasteiger partial charge in [-0.2, -0.15) is 0 Å². The summed E-state index contributed by atoms with van der Waals surface area (Å²) in [6.07, 6.45) is 0. The number of hydrogen-bond acceptors (Lipinski definition) is 3. The summed E-state index contributed by atoms with van der Waals surface area (Å²) < 4.78 is 18.7. The zero-order valence-electron chi connectivity index (χ0n) is 12.6. The molecule has 0 atom stereocenters. The molecule has 0 unspecified atom stereocenters. The van der Waals surface area contributed by atoms with Crippen LogP contribution in [0.3, 0.4) is 0 Å². The van der Waals surface area contributed by atoms with Crippen molar-refractivity contribution in [3.05, 3.63) is 59.9 Å². The summed E-state index contributed by atoms with van der Waals surface area (Å²) >= 11 is 0. The van der Waals surface area contributed by atoms with Crippen molar-refractivity contribution in [2.45, 2.75) is 13.5 Å². The Bertz CT molecular complexity index is 689. The Morgan fingerprint density at radius 2 is 1.83 bits per heavy atom. The van der Waals surface area contributed by atoms with Crippen molar-refractivity contribution in [3.8, 4) is 5.75 Å². The standard InChI is InChI=1S/C17H17FN2O3/c1-2-23-15-9-8-13(10-14(15)18)20-17(22)16(21)19-11-12-6-4-3-5-7-12/h3-10H,2,11H2,1H3,(H,19,21)(H,20,22). The lowest BCUT2D eigenvalue weighted by atomic mass is 10.2. The van der Waals surface area contributed by atoms with E-state index >= 15 is 0 Å². The average molecular weight is 316 g/mol. The van der Waals surface area contributed by atoms with E-state index in [-0.39, 0.29) is 18.0 Å². The lowest BCUT2D eigenvalue weighted by molar-refractivity contribution is -0.136. The highest BCUT2D eigenvalue weighted by atomic mass is 19.1. The summed E-state index contributed by atoms with van der Waals surface area (Å²) in [5.74, 6) is -2.15. The molecule has 0 aliphatic carbocycles. The van der Waals surface area contributed by atoms with Crippen LogP contribution in [0.15, 0.2) is 48.5 Å². The van der Waals surface area contributed by atoms with Gasteiger partial charge in [0.1, 0.15) is 0 Å². The highest BCUT2D eigenvalue weighted by Crippen LogP contribution is 2.21. The number of carbonyl (C=O) groups excluding carboxylic acids is 2. The van der Waals surface area contributed by atoms with Gasteiger partial charge in [-0.3, -0.25) is 9.59 Å². The normalized spacial score (nSPS) is 10.0. The van der Waals surface area contributed by atoms with Gasteiger partial charge in [-0.1, -0.05) is 30.3 Å². The summed E-state index contributed by atoms with van der Waals surface area (Å²) in [5.41, 5.74) is 1.06. The molecular formula is C17H17FN2O3. The molecule has 0 bridgehead atoms. The van der Waals surface area contributed by atoms with Crippen LogP contribution in [-0.2, 0) is 16.1 Å². The van der Waals surface area contributed by atoms with Gasteiger partial charge < -0.3 is 15.4 Å². The monoisotopic (exact) mass is 316 g/mol. The van der Waals surface area contributed by atoms with Gasteiger partial charge in [-0.15, -0.1) is 0 Å². The predicted molar refractivity (Wildman–Crippen MR) is 84.5 cm³/mol. The Labute approximate surface area is 133 Å². The van der Waals surface area contributed by atoms with Crippen molar-refractivity contribution in [3.63, 3.8) is 0 Å². The lowest BCUT2D eigenvalue weighted by Crippen LogP contribution is -2.34. The zero-order valence-corrected chi connectivity index (χ0v) is 12.6. The van der Waals surface area contributed by atoms with Crippen molar-refractivity contribution < 1.29 is 18.7 Å². The van der Waals surface area contributed by atoms with Crippen molar-refractivity contribution in [1.29, 1.82) is 0 Å². The number of benzene rings is 2. The third-order valence-electron chi connectivity index (χ3n) is 2.99. The van der Waals surface area contributed by atoms with Crippen molar-refractivity contribution >= 4 is 17.5 Å². The number of carbonyl (C=O) groups is 2. The third kappa shape index (κ3) is 4.81. The van der Waals surface area contributed by atoms with Crippen molar-refractivity contribution in [1.82, 2.24) is 5.32 Å². The molecule has 0 saturated heterocycles. The molecule has 2 aromatic carbocycles. The first-order chi connectivity index (χ1) is 11.1. The Morgan fingerprint density at radius 1 is 1.09 bits per heavy atom. The molecule has 2 rings (SSSR count). The van der Waals surface area contributed by atoms with Crippen LogP contribution in [0.4, 0.5) is 10.1 Å². The molecular weight excluding hydrogens is 299 g/mol. The molecule has 0 aliphatic heterocycles. The maximum absolute atomic E-state index is 13.7. The van der Waals surface area contributed by atoms with Crippen molar-refractivity contribution in [2.75, 3.05) is 11.9 Å². The Hall–Kier alpha value is -2.89. The van der Waals surface area contributed by atoms with E-state index < -0.39 is 17.6 Å². The van der Waals surface area contributed by atoms with E-state index in [2.05, 4.69) is 10.6 Å². The second kappa shape index (κ2) is 7.93. The molecule has 2 amide bonds. The molecule has 0 aliphatic rings. The SMILES string of the molecule is CCOc1ccc(NC(=O)C(=O)NCc2ccccc2)cc1F. The van der Waals surface area contributed by atoms with E-state index in [4.69, 9.17) is 4.74 Å². The fourth-order valence-electron chi connectivity index (χ4n) is 1.90. The van der Waals surface area contributed by atoms with Gasteiger partial charge in [0.05, 0.1) is 6.61 Å². The number of rotatable bonds is 5. The Balaban J connectivity index is 1.90. The molecule has 0 fully saturated rings. The second-order valence-corrected chi connectivity index (χ2v) is 4.70. The quantitative estimate of drug-likeness (QED) is 0.833. The molecule has 6 heteroatoms. The topological polar surface area (TPSA) is 67.4 Å². The van der Waals surface area contributed by atoms with Crippen LogP contribution in [0.1, 0.15) is 12.5 Å². The first kappa shape index (κ1) is 16.5. The van der Waals surface area contributed by atoms with Gasteiger partial charge in [0, 0.05) is 18.3 Å². The highest BCUT2D eigenvalue weighted by molar-refractivity contribution is 6.39. The first-order valence-corrected chi connectivity index (χ1v) is 7.15. The van der Waals surface area contributed by atoms with Crippen LogP contribution in [0.2, 0.25) is 0 Å². The summed E-state index contributed by atoms with van der Waals surface area (Å²) in [6, 6.07) is 13.2. The fourth-order valence-corrected chi connectivity index (χ4v) is 1.90. The van der Waals surface area contributed by atoms with Gasteiger partial charge in [0.15, 0.2) is 11.6 Å². The molecule has 0 radical (unpaired) electrons. The maximum Gasteiger partial charge on any atom is 0.313 e. The molecule has 0 saturated carbocycles. The van der Waals surface area contributed by atoms with E-state index in [1.165, 1.54) is 12.1 Å². The van der Waals surface area contributed by atoms with Gasteiger partial charge >= 0.3 is 11.8 Å². The second-order valence-electron chi connectivity index (χ2n) is 4.70. The highest BCUT2D eigenvalue weighted by Gasteiger charge is 2.14. The van der Waals surface area contributed by atoms with Gasteiger partial charge in [0.2, 0.25) is 0 Å². The molecule has 5 nitrogen and oxygen atoms in total. The molecule has 0 aromatic heterocycles. The van der Waals surface area contributed by atoms with E-state index in [0.29, 0.717) is 6.61 Å². The third-order valence-corrected chi connectivity index (χ3v) is 2.99. The van der Waals surface area contributed by atoms with E-state index in [9.17, 15) is 14.0 Å². The molecule has 0 spiro atoms. The molecule has 23 heavy (non-hydrogen) atoms. The van der Waals surface area contributed by atoms with Crippen LogP contribution < -0.4 is 15.4 Å². The van der Waals surface area contributed by atoms with E-state index in [1.807, 2.05) is 30.3 Å².